The minimum Gasteiger partial charge on any atom is -0.468 e. The van der Waals surface area contributed by atoms with Gasteiger partial charge in [-0.3, -0.25) is 4.79 Å². The zero-order chi connectivity index (χ0) is 11.1. The summed E-state index contributed by atoms with van der Waals surface area (Å²) >= 11 is 3.20. The topological polar surface area (TPSA) is 77.2 Å². The van der Waals surface area contributed by atoms with Crippen molar-refractivity contribution in [3.8, 4) is 0 Å². The van der Waals surface area contributed by atoms with Gasteiger partial charge in [0.2, 0.25) is 6.39 Å². The maximum atomic E-state index is 11.0. The molecular formula is C8H12BrN3O3. The van der Waals surface area contributed by atoms with E-state index in [0.717, 1.165) is 0 Å². The first-order valence-corrected chi connectivity index (χ1v) is 5.33. The van der Waals surface area contributed by atoms with E-state index in [1.807, 2.05) is 0 Å². The average molecular weight is 278 g/mol. The summed E-state index contributed by atoms with van der Waals surface area (Å²) in [5.74, 6) is 0.355. The summed E-state index contributed by atoms with van der Waals surface area (Å²) < 4.78 is 9.13. The lowest BCUT2D eigenvalue weighted by Gasteiger charge is -2.07. The fraction of sp³-hybridized carbons (Fsp3) is 0.625. The van der Waals surface area contributed by atoms with E-state index in [-0.39, 0.29) is 10.8 Å². The predicted molar refractivity (Wildman–Crippen MR) is 55.6 cm³/mol. The molecule has 1 aromatic heterocycles. The molecule has 1 rings (SSSR count). The van der Waals surface area contributed by atoms with Crippen LogP contribution in [0.1, 0.15) is 5.82 Å². The Hall–Kier alpha value is -0.950. The highest BCUT2D eigenvalue weighted by Crippen LogP contribution is 1.99. The standard InChI is InChI=1S/C8H12BrN3O3/c1-14-8(13)6(9)4-10-3-2-7-11-5-15-12-7/h5-6,10H,2-4H2,1H3. The van der Waals surface area contributed by atoms with Crippen molar-refractivity contribution in [3.63, 3.8) is 0 Å². The summed E-state index contributed by atoms with van der Waals surface area (Å²) in [6.45, 7) is 1.18. The van der Waals surface area contributed by atoms with E-state index in [9.17, 15) is 4.79 Å². The van der Waals surface area contributed by atoms with Gasteiger partial charge in [0.1, 0.15) is 4.83 Å². The third kappa shape index (κ3) is 4.39. The van der Waals surface area contributed by atoms with Crippen LogP contribution in [-0.4, -0.2) is 41.1 Å². The number of carbonyl (C=O) groups excluding carboxylic acids is 1. The highest BCUT2D eigenvalue weighted by Gasteiger charge is 2.13. The van der Waals surface area contributed by atoms with Gasteiger partial charge in [-0.15, -0.1) is 0 Å². The van der Waals surface area contributed by atoms with Gasteiger partial charge in [-0.05, 0) is 0 Å². The average Bonchev–Trinajstić information content (AvgIpc) is 2.75. The largest absolute Gasteiger partial charge is 0.468 e. The lowest BCUT2D eigenvalue weighted by atomic mass is 10.4. The zero-order valence-electron chi connectivity index (χ0n) is 8.27. The Bertz CT molecular complexity index is 291. The molecule has 0 amide bonds. The van der Waals surface area contributed by atoms with E-state index in [0.29, 0.717) is 25.3 Å². The van der Waals surface area contributed by atoms with Crippen LogP contribution in [0, 0.1) is 0 Å². The second-order valence-electron chi connectivity index (χ2n) is 2.79. The molecular weight excluding hydrogens is 266 g/mol. The normalized spacial score (nSPS) is 12.4. The lowest BCUT2D eigenvalue weighted by Crippen LogP contribution is -2.31. The lowest BCUT2D eigenvalue weighted by molar-refractivity contribution is -0.139. The van der Waals surface area contributed by atoms with E-state index < -0.39 is 0 Å². The van der Waals surface area contributed by atoms with Gasteiger partial charge in [0.15, 0.2) is 5.82 Å². The van der Waals surface area contributed by atoms with Crippen molar-refractivity contribution in [2.75, 3.05) is 20.2 Å². The summed E-state index contributed by atoms with van der Waals surface area (Å²) in [7, 11) is 1.36. The zero-order valence-corrected chi connectivity index (χ0v) is 9.86. The third-order valence-corrected chi connectivity index (χ3v) is 2.41. The van der Waals surface area contributed by atoms with Crippen molar-refractivity contribution in [3.05, 3.63) is 12.2 Å². The fourth-order valence-corrected chi connectivity index (χ4v) is 1.36. The molecule has 0 bridgehead atoms. The SMILES string of the molecule is COC(=O)C(Br)CNCCc1ncon1. The Morgan fingerprint density at radius 3 is 3.20 bits per heavy atom. The summed E-state index contributed by atoms with van der Waals surface area (Å²) in [5, 5.41) is 6.72. The Morgan fingerprint density at radius 2 is 2.60 bits per heavy atom. The molecule has 1 heterocycles. The monoisotopic (exact) mass is 277 g/mol. The minimum atomic E-state index is -0.326. The molecule has 84 valence electrons. The first kappa shape index (κ1) is 12.1. The number of carbonyl (C=O) groups is 1. The number of esters is 1. The van der Waals surface area contributed by atoms with Crippen LogP contribution in [0.25, 0.3) is 0 Å². The molecule has 0 fully saturated rings. The smallest absolute Gasteiger partial charge is 0.320 e. The summed E-state index contributed by atoms with van der Waals surface area (Å²) in [5.41, 5.74) is 0. The van der Waals surface area contributed by atoms with Crippen LogP contribution in [0.15, 0.2) is 10.9 Å². The molecule has 1 N–H and O–H groups in total. The summed E-state index contributed by atoms with van der Waals surface area (Å²) in [6, 6.07) is 0. The van der Waals surface area contributed by atoms with Gasteiger partial charge in [0.25, 0.3) is 0 Å². The van der Waals surface area contributed by atoms with Crippen molar-refractivity contribution in [1.82, 2.24) is 15.5 Å². The molecule has 1 atom stereocenters. The molecule has 0 aromatic carbocycles. The first-order valence-electron chi connectivity index (χ1n) is 4.42. The second kappa shape index (κ2) is 6.52. The highest BCUT2D eigenvalue weighted by molar-refractivity contribution is 9.10. The van der Waals surface area contributed by atoms with E-state index in [1.165, 1.54) is 13.5 Å². The Morgan fingerprint density at radius 1 is 1.80 bits per heavy atom. The Balaban J connectivity index is 2.09. The van der Waals surface area contributed by atoms with E-state index in [2.05, 4.69) is 40.6 Å². The van der Waals surface area contributed by atoms with Gasteiger partial charge in [-0.25, -0.2) is 0 Å². The molecule has 1 aromatic rings. The van der Waals surface area contributed by atoms with Gasteiger partial charge < -0.3 is 14.6 Å². The Labute approximate surface area is 95.5 Å². The van der Waals surface area contributed by atoms with E-state index in [1.54, 1.807) is 0 Å². The predicted octanol–water partition coefficient (Wildman–Crippen LogP) is 0.138. The maximum absolute atomic E-state index is 11.0. The summed E-state index contributed by atoms with van der Waals surface area (Å²) in [4.78, 5) is 14.5. The quantitative estimate of drug-likeness (QED) is 0.453. The number of aromatic nitrogens is 2. The van der Waals surface area contributed by atoms with Crippen LogP contribution in [0.5, 0.6) is 0 Å². The molecule has 0 aliphatic rings. The van der Waals surface area contributed by atoms with E-state index in [4.69, 9.17) is 0 Å². The van der Waals surface area contributed by atoms with Gasteiger partial charge >= 0.3 is 5.97 Å². The van der Waals surface area contributed by atoms with Crippen LogP contribution in [0.4, 0.5) is 0 Å². The van der Waals surface area contributed by atoms with Gasteiger partial charge in [-0.2, -0.15) is 4.98 Å². The molecule has 0 spiro atoms. The maximum Gasteiger partial charge on any atom is 0.320 e. The molecule has 7 heteroatoms. The number of ether oxygens (including phenoxy) is 1. The highest BCUT2D eigenvalue weighted by atomic mass is 79.9. The Kier molecular flexibility index (Phi) is 5.27. The number of methoxy groups -OCH3 is 1. The number of nitrogens with zero attached hydrogens (tertiary/aromatic N) is 2. The number of halogens is 1. The third-order valence-electron chi connectivity index (χ3n) is 1.71. The van der Waals surface area contributed by atoms with Gasteiger partial charge in [-0.1, -0.05) is 21.1 Å². The van der Waals surface area contributed by atoms with Crippen molar-refractivity contribution in [1.29, 1.82) is 0 Å². The molecule has 0 aliphatic carbocycles. The van der Waals surface area contributed by atoms with E-state index >= 15 is 0 Å². The van der Waals surface area contributed by atoms with Crippen molar-refractivity contribution in [2.45, 2.75) is 11.2 Å². The van der Waals surface area contributed by atoms with Crippen molar-refractivity contribution < 1.29 is 14.1 Å². The van der Waals surface area contributed by atoms with Crippen LogP contribution in [-0.2, 0) is 16.0 Å². The fourth-order valence-electron chi connectivity index (χ4n) is 0.943. The number of hydrogen-bond acceptors (Lipinski definition) is 6. The van der Waals surface area contributed by atoms with Crippen molar-refractivity contribution in [2.24, 2.45) is 0 Å². The molecule has 0 radical (unpaired) electrons. The molecule has 15 heavy (non-hydrogen) atoms. The molecule has 0 saturated heterocycles. The second-order valence-corrected chi connectivity index (χ2v) is 3.90. The van der Waals surface area contributed by atoms with Crippen LogP contribution < -0.4 is 5.32 Å². The molecule has 0 saturated carbocycles. The van der Waals surface area contributed by atoms with Crippen LogP contribution in [0.3, 0.4) is 0 Å². The number of hydrogen-bond donors (Lipinski definition) is 1. The number of alkyl halides is 1. The minimum absolute atomic E-state index is 0.290. The van der Waals surface area contributed by atoms with Gasteiger partial charge in [0, 0.05) is 19.5 Å². The molecule has 6 nitrogen and oxygen atoms in total. The van der Waals surface area contributed by atoms with Crippen LogP contribution >= 0.6 is 15.9 Å². The first-order chi connectivity index (χ1) is 7.24. The van der Waals surface area contributed by atoms with Crippen LogP contribution in [0.2, 0.25) is 0 Å². The molecule has 1 unspecified atom stereocenters. The van der Waals surface area contributed by atoms with Crippen molar-refractivity contribution >= 4 is 21.9 Å². The number of nitrogens with one attached hydrogen (secondary N) is 1. The number of rotatable bonds is 6. The van der Waals surface area contributed by atoms with Gasteiger partial charge in [0.05, 0.1) is 7.11 Å². The molecule has 0 aliphatic heterocycles. The summed E-state index contributed by atoms with van der Waals surface area (Å²) in [6.07, 6.45) is 1.95.